The molecule has 0 bridgehead atoms. The molecule has 0 spiro atoms. The summed E-state index contributed by atoms with van der Waals surface area (Å²) >= 11 is 0. The van der Waals surface area contributed by atoms with Crippen molar-refractivity contribution in [2.75, 3.05) is 13.2 Å². The molecule has 5 unspecified atom stereocenters. The average molecular weight is 830 g/mol. The smallest absolute Gasteiger partial charge is 0.217 e. The van der Waals surface area contributed by atoms with Crippen molar-refractivity contribution in [3.63, 3.8) is 0 Å². The monoisotopic (exact) mass is 829 g/mol. The minimum absolute atomic E-state index is 0.0416. The number of ether oxygens (including phenoxy) is 8. The number of carbonyl (C=O) groups excluding carboxylic acids is 1. The highest BCUT2D eigenvalue weighted by atomic mass is 16.8. The minimum Gasteiger partial charge on any atom is -0.374 e. The molecule has 5 aromatic carbocycles. The van der Waals surface area contributed by atoms with Crippen LogP contribution in [0.5, 0.6) is 0 Å². The van der Waals surface area contributed by atoms with Crippen LogP contribution in [0, 0.1) is 0 Å². The van der Waals surface area contributed by atoms with Gasteiger partial charge in [0.1, 0.15) is 30.5 Å². The van der Waals surface area contributed by atoms with Gasteiger partial charge in [-0.3, -0.25) is 4.79 Å². The maximum absolute atomic E-state index is 12.9. The molecule has 0 saturated carbocycles. The summed E-state index contributed by atoms with van der Waals surface area (Å²) in [4.78, 5) is 12.9. The molecule has 0 aromatic heterocycles. The summed E-state index contributed by atoms with van der Waals surface area (Å²) in [5.41, 5.74) is 5.22. The molecule has 61 heavy (non-hydrogen) atoms. The molecule has 2 aliphatic heterocycles. The van der Waals surface area contributed by atoms with E-state index in [0.29, 0.717) is 26.2 Å². The summed E-state index contributed by atoms with van der Waals surface area (Å²) in [6, 6.07) is 49.8. The summed E-state index contributed by atoms with van der Waals surface area (Å²) in [6.45, 7) is 6.79. The van der Waals surface area contributed by atoms with Crippen LogP contribution >= 0.6 is 0 Å². The van der Waals surface area contributed by atoms with E-state index >= 15 is 0 Å². The van der Waals surface area contributed by atoms with E-state index in [1.165, 1.54) is 12.5 Å². The average Bonchev–Trinajstić information content (AvgIpc) is 3.60. The highest BCUT2D eigenvalue weighted by Gasteiger charge is 2.50. The zero-order valence-corrected chi connectivity index (χ0v) is 35.4. The van der Waals surface area contributed by atoms with Gasteiger partial charge < -0.3 is 43.2 Å². The van der Waals surface area contributed by atoms with Crippen molar-refractivity contribution >= 4 is 5.91 Å². The Morgan fingerprint density at radius 1 is 0.574 bits per heavy atom. The van der Waals surface area contributed by atoms with Crippen LogP contribution in [0.1, 0.15) is 55.0 Å². The molecule has 2 fully saturated rings. The molecule has 0 radical (unpaired) electrons. The van der Waals surface area contributed by atoms with Gasteiger partial charge in [-0.25, -0.2) is 0 Å². The molecule has 10 nitrogen and oxygen atoms in total. The lowest BCUT2D eigenvalue weighted by Gasteiger charge is -2.46. The highest BCUT2D eigenvalue weighted by molar-refractivity contribution is 5.73. The van der Waals surface area contributed by atoms with Crippen molar-refractivity contribution in [2.45, 2.75) is 115 Å². The van der Waals surface area contributed by atoms with Gasteiger partial charge in [-0.2, -0.15) is 0 Å². The second-order valence-corrected chi connectivity index (χ2v) is 16.1. The Balaban J connectivity index is 1.19. The first-order valence-corrected chi connectivity index (χ1v) is 21.3. The van der Waals surface area contributed by atoms with Crippen molar-refractivity contribution in [2.24, 2.45) is 0 Å². The zero-order valence-electron chi connectivity index (χ0n) is 35.4. The first-order valence-electron chi connectivity index (χ1n) is 21.3. The first-order chi connectivity index (χ1) is 29.8. The maximum atomic E-state index is 12.9. The number of rotatable bonds is 21. The molecule has 8 atom stereocenters. The van der Waals surface area contributed by atoms with Gasteiger partial charge in [-0.1, -0.05) is 152 Å². The van der Waals surface area contributed by atoms with Gasteiger partial charge in [0.25, 0.3) is 0 Å². The summed E-state index contributed by atoms with van der Waals surface area (Å²) < 4.78 is 53.7. The molecule has 0 aliphatic carbocycles. The number of amides is 1. The molecule has 10 heteroatoms. The molecule has 1 N–H and O–H groups in total. The van der Waals surface area contributed by atoms with Crippen LogP contribution in [-0.4, -0.2) is 73.9 Å². The Bertz CT molecular complexity index is 2010. The Morgan fingerprint density at radius 3 is 1.54 bits per heavy atom. The summed E-state index contributed by atoms with van der Waals surface area (Å²) in [6.07, 6.45) is -2.99. The number of hydrogen-bond acceptors (Lipinski definition) is 9. The first kappa shape index (κ1) is 44.3. The summed E-state index contributed by atoms with van der Waals surface area (Å²) in [7, 11) is 0. The molecule has 5 aromatic rings. The minimum atomic E-state index is -0.958. The number of benzene rings is 5. The van der Waals surface area contributed by atoms with Crippen LogP contribution in [0.2, 0.25) is 0 Å². The van der Waals surface area contributed by atoms with Crippen LogP contribution in [-0.2, 0) is 75.5 Å². The fraction of sp³-hybridized carbons (Fsp3) is 0.392. The van der Waals surface area contributed by atoms with Gasteiger partial charge >= 0.3 is 0 Å². The van der Waals surface area contributed by atoms with E-state index in [0.717, 1.165) is 28.7 Å². The highest BCUT2D eigenvalue weighted by Crippen LogP contribution is 2.35. The Labute approximate surface area is 360 Å². The number of nitrogens with one attached hydrogen (secondary N) is 1. The van der Waals surface area contributed by atoms with Gasteiger partial charge in [0.2, 0.25) is 5.91 Å². The lowest BCUT2D eigenvalue weighted by Crippen LogP contribution is -2.62. The van der Waals surface area contributed by atoms with Crippen LogP contribution in [0.15, 0.2) is 152 Å². The Hall–Kier alpha value is -4.75. The van der Waals surface area contributed by atoms with E-state index in [9.17, 15) is 4.79 Å². The van der Waals surface area contributed by atoms with E-state index in [2.05, 4.69) is 17.4 Å². The lowest BCUT2D eigenvalue weighted by molar-refractivity contribution is -0.329. The molecule has 2 aliphatic rings. The second-order valence-electron chi connectivity index (χ2n) is 16.1. The number of hydrogen-bond donors (Lipinski definition) is 1. The maximum Gasteiger partial charge on any atom is 0.217 e. The summed E-state index contributed by atoms with van der Waals surface area (Å²) in [5, 5.41) is 3.12. The Morgan fingerprint density at radius 2 is 1.03 bits per heavy atom. The van der Waals surface area contributed by atoms with Crippen molar-refractivity contribution in [1.29, 1.82) is 0 Å². The molecular formula is C51H59NO9. The number of carbonyl (C=O) groups is 1. The van der Waals surface area contributed by atoms with Gasteiger partial charge in [0.15, 0.2) is 12.1 Å². The number of aryl methyl sites for hydroxylation is 1. The van der Waals surface area contributed by atoms with Crippen LogP contribution < -0.4 is 5.32 Å². The van der Waals surface area contributed by atoms with Gasteiger partial charge in [0, 0.05) is 6.92 Å². The molecular weight excluding hydrogens is 771 g/mol. The SMILES string of the molecule is CC(=O)N[C@@H](COC1OC(COCc2ccccc2)C(OCc2ccccc2)C(OCc2ccccc2)C1OCc1ccccc1)[C@@H]1OC(C)(C)O[C@@H]1CCc1ccccc1. The van der Waals surface area contributed by atoms with E-state index in [1.54, 1.807) is 0 Å². The molecule has 7 rings (SSSR count). The molecule has 2 heterocycles. The third-order valence-electron chi connectivity index (χ3n) is 10.8. The lowest BCUT2D eigenvalue weighted by atomic mass is 9.97. The Kier molecular flexibility index (Phi) is 16.3. The van der Waals surface area contributed by atoms with E-state index in [4.69, 9.17) is 37.9 Å². The molecule has 322 valence electrons. The van der Waals surface area contributed by atoms with Crippen molar-refractivity contribution in [3.8, 4) is 0 Å². The third kappa shape index (κ3) is 13.4. The van der Waals surface area contributed by atoms with Gasteiger partial charge in [-0.05, 0) is 54.5 Å². The molecule has 2 saturated heterocycles. The third-order valence-corrected chi connectivity index (χ3v) is 10.8. The van der Waals surface area contributed by atoms with E-state index in [1.807, 2.05) is 153 Å². The zero-order chi connectivity index (χ0) is 42.3. The molecule has 1 amide bonds. The van der Waals surface area contributed by atoms with Crippen molar-refractivity contribution < 1.29 is 42.7 Å². The fourth-order valence-corrected chi connectivity index (χ4v) is 7.94. The van der Waals surface area contributed by atoms with Gasteiger partial charge in [-0.15, -0.1) is 0 Å². The standard InChI is InChI=1S/C51H59NO9/c1-37(53)52-43(46-44(60-51(2,3)61-46)30-29-38-19-9-4-10-20-38)35-58-50-49(57-34-42-27-17-8-18-28-42)48(56-33-41-25-15-7-16-26-41)47(55-32-40-23-13-6-14-24-40)45(59-50)36-54-31-39-21-11-5-12-22-39/h4-28,43-50H,29-36H2,1-3H3,(H,52,53)/t43-,44+,45?,46-,47?,48?,49?,50?/m0/s1. The predicted octanol–water partition coefficient (Wildman–Crippen LogP) is 8.36. The predicted molar refractivity (Wildman–Crippen MR) is 232 cm³/mol. The van der Waals surface area contributed by atoms with Crippen molar-refractivity contribution in [3.05, 3.63) is 179 Å². The van der Waals surface area contributed by atoms with Crippen molar-refractivity contribution in [1.82, 2.24) is 5.32 Å². The van der Waals surface area contributed by atoms with Crippen LogP contribution in [0.25, 0.3) is 0 Å². The van der Waals surface area contributed by atoms with Gasteiger partial charge in [0.05, 0.1) is 51.8 Å². The summed E-state index contributed by atoms with van der Waals surface area (Å²) in [5.74, 6) is -1.08. The van der Waals surface area contributed by atoms with Crippen LogP contribution in [0.3, 0.4) is 0 Å². The largest absolute Gasteiger partial charge is 0.374 e. The van der Waals surface area contributed by atoms with E-state index in [-0.39, 0.29) is 31.8 Å². The second kappa shape index (κ2) is 22.4. The van der Waals surface area contributed by atoms with Crippen LogP contribution in [0.4, 0.5) is 0 Å². The topological polar surface area (TPSA) is 103 Å². The fourth-order valence-electron chi connectivity index (χ4n) is 7.94. The quantitative estimate of drug-likeness (QED) is 0.0782. The normalized spacial score (nSPS) is 24.0. The van der Waals surface area contributed by atoms with E-state index < -0.39 is 48.6 Å².